The second kappa shape index (κ2) is 5.15. The van der Waals surface area contributed by atoms with Crippen LogP contribution in [0.5, 0.6) is 0 Å². The van der Waals surface area contributed by atoms with Crippen molar-refractivity contribution in [1.29, 1.82) is 0 Å². The quantitative estimate of drug-likeness (QED) is 0.880. The van der Waals surface area contributed by atoms with Crippen LogP contribution in [0, 0.1) is 13.8 Å². The minimum atomic E-state index is -3.73. The van der Waals surface area contributed by atoms with Crippen LogP contribution in [0.1, 0.15) is 28.5 Å². The minimum absolute atomic E-state index is 0.00981. The van der Waals surface area contributed by atoms with Gasteiger partial charge in [-0.1, -0.05) is 0 Å². The predicted molar refractivity (Wildman–Crippen MR) is 77.9 cm³/mol. The van der Waals surface area contributed by atoms with Crippen LogP contribution in [-0.4, -0.2) is 23.0 Å². The Bertz CT molecular complexity index is 713. The van der Waals surface area contributed by atoms with Crippen molar-refractivity contribution in [2.24, 2.45) is 7.05 Å². The van der Waals surface area contributed by atoms with E-state index < -0.39 is 10.0 Å². The number of imidazole rings is 1. The number of hydrogen-bond acceptors (Lipinski definition) is 6. The Morgan fingerprint density at radius 3 is 2.55 bits per heavy atom. The Kier molecular flexibility index (Phi) is 3.85. The van der Waals surface area contributed by atoms with Gasteiger partial charge in [0.05, 0.1) is 23.1 Å². The van der Waals surface area contributed by atoms with Crippen molar-refractivity contribution in [1.82, 2.24) is 19.3 Å². The van der Waals surface area contributed by atoms with Gasteiger partial charge in [0.15, 0.2) is 10.8 Å². The third-order valence-corrected chi connectivity index (χ3v) is 5.75. The number of nitrogens with two attached hydrogens (primary N) is 1. The lowest BCUT2D eigenvalue weighted by Gasteiger charge is -2.14. The summed E-state index contributed by atoms with van der Waals surface area (Å²) >= 11 is 1.48. The zero-order valence-corrected chi connectivity index (χ0v) is 13.3. The van der Waals surface area contributed by atoms with E-state index in [4.69, 9.17) is 5.73 Å². The molecule has 2 rings (SSSR count). The molecule has 2 aromatic heterocycles. The van der Waals surface area contributed by atoms with Gasteiger partial charge in [-0.2, -0.15) is 0 Å². The first kappa shape index (κ1) is 14.9. The average molecular weight is 315 g/mol. The number of hydrogen-bond donors (Lipinski definition) is 2. The standard InChI is InChI=1S/C11H17N5O2S2/c1-6-9(19-8(3)14-6)7(2)15-20(17,18)11-10(12)13-5-16(11)4/h5,7,15H,12H2,1-4H3. The summed E-state index contributed by atoms with van der Waals surface area (Å²) in [6.07, 6.45) is 1.37. The Balaban J connectivity index is 2.32. The molecule has 0 saturated carbocycles. The molecule has 1 atom stereocenters. The first-order chi connectivity index (χ1) is 9.22. The highest BCUT2D eigenvalue weighted by atomic mass is 32.2. The summed E-state index contributed by atoms with van der Waals surface area (Å²) < 4.78 is 28.7. The van der Waals surface area contributed by atoms with Crippen LogP contribution in [0.15, 0.2) is 11.4 Å². The highest BCUT2D eigenvalue weighted by Crippen LogP contribution is 2.26. The van der Waals surface area contributed by atoms with Crippen LogP contribution >= 0.6 is 11.3 Å². The molecule has 0 saturated heterocycles. The zero-order chi connectivity index (χ0) is 15.1. The van der Waals surface area contributed by atoms with Crippen molar-refractivity contribution >= 4 is 27.2 Å². The fourth-order valence-corrected chi connectivity index (χ4v) is 4.51. The number of rotatable bonds is 4. The molecule has 0 fully saturated rings. The number of nitrogens with zero attached hydrogens (tertiary/aromatic N) is 3. The molecule has 0 spiro atoms. The van der Waals surface area contributed by atoms with Crippen molar-refractivity contribution in [3.63, 3.8) is 0 Å². The molecular formula is C11H17N5O2S2. The lowest BCUT2D eigenvalue weighted by Crippen LogP contribution is -2.29. The predicted octanol–water partition coefficient (Wildman–Crippen LogP) is 1.12. The molecule has 0 aliphatic heterocycles. The molecular weight excluding hydrogens is 298 g/mol. The molecule has 0 aromatic carbocycles. The maximum Gasteiger partial charge on any atom is 0.260 e. The average Bonchev–Trinajstić information content (AvgIpc) is 2.81. The van der Waals surface area contributed by atoms with E-state index >= 15 is 0 Å². The molecule has 7 nitrogen and oxygen atoms in total. The second-order valence-corrected chi connectivity index (χ2v) is 7.44. The summed E-state index contributed by atoms with van der Waals surface area (Å²) in [5, 5.41) is 0.881. The SMILES string of the molecule is Cc1nc(C)c(C(C)NS(=O)(=O)c2c(N)ncn2C)s1. The lowest BCUT2D eigenvalue weighted by atomic mass is 10.2. The van der Waals surface area contributed by atoms with E-state index in [-0.39, 0.29) is 16.9 Å². The molecule has 1 unspecified atom stereocenters. The highest BCUT2D eigenvalue weighted by molar-refractivity contribution is 7.89. The largest absolute Gasteiger partial charge is 0.381 e. The van der Waals surface area contributed by atoms with Gasteiger partial charge in [0.2, 0.25) is 0 Å². The molecule has 9 heteroatoms. The molecule has 3 N–H and O–H groups in total. The topological polar surface area (TPSA) is 103 Å². The van der Waals surface area contributed by atoms with Crippen LogP contribution < -0.4 is 10.5 Å². The minimum Gasteiger partial charge on any atom is -0.381 e. The third kappa shape index (κ3) is 2.69. The van der Waals surface area contributed by atoms with Crippen LogP contribution in [-0.2, 0) is 17.1 Å². The number of nitrogens with one attached hydrogen (secondary N) is 1. The van der Waals surface area contributed by atoms with Gasteiger partial charge in [-0.25, -0.2) is 23.1 Å². The van der Waals surface area contributed by atoms with Gasteiger partial charge in [0.25, 0.3) is 10.0 Å². The molecule has 0 bridgehead atoms. The van der Waals surface area contributed by atoms with E-state index in [0.29, 0.717) is 0 Å². The van der Waals surface area contributed by atoms with E-state index in [9.17, 15) is 8.42 Å². The Morgan fingerprint density at radius 1 is 1.45 bits per heavy atom. The molecule has 0 amide bonds. The number of anilines is 1. The molecule has 0 radical (unpaired) electrons. The first-order valence-electron chi connectivity index (χ1n) is 5.95. The van der Waals surface area contributed by atoms with Crippen molar-refractivity contribution in [3.05, 3.63) is 21.9 Å². The summed E-state index contributed by atoms with van der Waals surface area (Å²) in [6.45, 7) is 5.54. The molecule has 0 aliphatic carbocycles. The van der Waals surface area contributed by atoms with Crippen molar-refractivity contribution in [2.45, 2.75) is 31.8 Å². The van der Waals surface area contributed by atoms with Crippen molar-refractivity contribution in [3.8, 4) is 0 Å². The number of aromatic nitrogens is 3. The number of aryl methyl sites for hydroxylation is 3. The summed E-state index contributed by atoms with van der Waals surface area (Å²) in [6, 6.07) is -0.375. The monoisotopic (exact) mass is 315 g/mol. The summed E-state index contributed by atoms with van der Waals surface area (Å²) in [7, 11) is -2.14. The van der Waals surface area contributed by atoms with E-state index in [1.54, 1.807) is 14.0 Å². The second-order valence-electron chi connectivity index (χ2n) is 4.57. The van der Waals surface area contributed by atoms with Gasteiger partial charge in [-0.05, 0) is 20.8 Å². The van der Waals surface area contributed by atoms with Crippen LogP contribution in [0.2, 0.25) is 0 Å². The van der Waals surface area contributed by atoms with Crippen molar-refractivity contribution in [2.75, 3.05) is 5.73 Å². The van der Waals surface area contributed by atoms with E-state index in [0.717, 1.165) is 15.6 Å². The Hall–Kier alpha value is -1.45. The van der Waals surface area contributed by atoms with Gasteiger partial charge < -0.3 is 10.3 Å². The number of nitrogen functional groups attached to an aromatic ring is 1. The fourth-order valence-electron chi connectivity index (χ4n) is 2.06. The van der Waals surface area contributed by atoms with Crippen molar-refractivity contribution < 1.29 is 8.42 Å². The molecule has 20 heavy (non-hydrogen) atoms. The summed E-state index contributed by atoms with van der Waals surface area (Å²) in [5.74, 6) is -0.00981. The third-order valence-electron chi connectivity index (χ3n) is 2.83. The Labute approximate surface area is 121 Å². The van der Waals surface area contributed by atoms with Gasteiger partial charge in [0.1, 0.15) is 0 Å². The van der Waals surface area contributed by atoms with Crippen LogP contribution in [0.25, 0.3) is 0 Å². The van der Waals surface area contributed by atoms with E-state index in [1.165, 1.54) is 22.2 Å². The lowest BCUT2D eigenvalue weighted by molar-refractivity contribution is 0.559. The zero-order valence-electron chi connectivity index (χ0n) is 11.7. The van der Waals surface area contributed by atoms with Gasteiger partial charge in [-0.15, -0.1) is 11.3 Å². The fraction of sp³-hybridized carbons (Fsp3) is 0.455. The van der Waals surface area contributed by atoms with E-state index in [2.05, 4.69) is 14.7 Å². The molecule has 2 aromatic rings. The van der Waals surface area contributed by atoms with Crippen LogP contribution in [0.3, 0.4) is 0 Å². The Morgan fingerprint density at radius 2 is 2.10 bits per heavy atom. The number of thiazole rings is 1. The maximum atomic E-state index is 12.4. The highest BCUT2D eigenvalue weighted by Gasteiger charge is 2.26. The molecule has 0 aliphatic rings. The van der Waals surface area contributed by atoms with Gasteiger partial charge >= 0.3 is 0 Å². The first-order valence-corrected chi connectivity index (χ1v) is 8.25. The number of sulfonamides is 1. The van der Waals surface area contributed by atoms with Crippen LogP contribution in [0.4, 0.5) is 5.82 Å². The van der Waals surface area contributed by atoms with Gasteiger partial charge in [0, 0.05) is 11.9 Å². The molecule has 110 valence electrons. The summed E-state index contributed by atoms with van der Waals surface area (Å²) in [4.78, 5) is 8.99. The maximum absolute atomic E-state index is 12.4. The molecule has 2 heterocycles. The smallest absolute Gasteiger partial charge is 0.260 e. The summed E-state index contributed by atoms with van der Waals surface area (Å²) in [5.41, 5.74) is 6.45. The van der Waals surface area contributed by atoms with E-state index in [1.807, 2.05) is 13.8 Å². The van der Waals surface area contributed by atoms with Gasteiger partial charge in [-0.3, -0.25) is 0 Å². The normalized spacial score (nSPS) is 13.6.